The first-order valence-corrected chi connectivity index (χ1v) is 10.9. The van der Waals surface area contributed by atoms with Crippen molar-refractivity contribution in [1.29, 1.82) is 0 Å². The van der Waals surface area contributed by atoms with Crippen LogP contribution in [0.1, 0.15) is 37.6 Å². The van der Waals surface area contributed by atoms with E-state index in [1.165, 1.54) is 5.56 Å². The van der Waals surface area contributed by atoms with E-state index in [1.807, 2.05) is 29.2 Å². The first kappa shape index (κ1) is 21.3. The highest BCUT2D eigenvalue weighted by Gasteiger charge is 2.22. The van der Waals surface area contributed by atoms with E-state index in [0.29, 0.717) is 48.6 Å². The third kappa shape index (κ3) is 5.22. The van der Waals surface area contributed by atoms with Gasteiger partial charge < -0.3 is 14.3 Å². The van der Waals surface area contributed by atoms with E-state index in [9.17, 15) is 4.79 Å². The van der Waals surface area contributed by atoms with Crippen molar-refractivity contribution in [3.05, 3.63) is 59.1 Å². The van der Waals surface area contributed by atoms with E-state index >= 15 is 0 Å². The molecular formula is C23H26ClN5O2. The van der Waals surface area contributed by atoms with Crippen LogP contribution in [0.2, 0.25) is 5.02 Å². The molecule has 0 radical (unpaired) electrons. The van der Waals surface area contributed by atoms with Crippen molar-refractivity contribution < 1.29 is 9.32 Å². The van der Waals surface area contributed by atoms with Crippen LogP contribution in [0, 0.1) is 0 Å². The molecule has 3 heterocycles. The Morgan fingerprint density at radius 2 is 1.84 bits per heavy atom. The molecule has 0 spiro atoms. The first-order valence-electron chi connectivity index (χ1n) is 10.6. The maximum absolute atomic E-state index is 12.6. The van der Waals surface area contributed by atoms with Gasteiger partial charge >= 0.3 is 0 Å². The minimum Gasteiger partial charge on any atom is -0.353 e. The molecule has 1 aromatic carbocycles. The van der Waals surface area contributed by atoms with Crippen LogP contribution in [-0.2, 0) is 11.2 Å². The van der Waals surface area contributed by atoms with Gasteiger partial charge in [0.05, 0.1) is 5.02 Å². The summed E-state index contributed by atoms with van der Waals surface area (Å²) in [6.45, 7) is 7.15. The molecule has 0 bridgehead atoms. The molecule has 1 aliphatic heterocycles. The summed E-state index contributed by atoms with van der Waals surface area (Å²) in [4.78, 5) is 25.5. The number of amides is 1. The van der Waals surface area contributed by atoms with Gasteiger partial charge in [-0.15, -0.1) is 0 Å². The number of anilines is 1. The Morgan fingerprint density at radius 3 is 2.48 bits per heavy atom. The van der Waals surface area contributed by atoms with Gasteiger partial charge in [-0.2, -0.15) is 4.98 Å². The van der Waals surface area contributed by atoms with E-state index in [-0.39, 0.29) is 5.91 Å². The minimum absolute atomic E-state index is 0.102. The predicted molar refractivity (Wildman–Crippen MR) is 120 cm³/mol. The smallest absolute Gasteiger partial charge is 0.227 e. The second kappa shape index (κ2) is 9.47. The number of hydrogen-bond donors (Lipinski definition) is 0. The van der Waals surface area contributed by atoms with Crippen LogP contribution in [0.4, 0.5) is 5.82 Å². The van der Waals surface area contributed by atoms with Gasteiger partial charge in [-0.1, -0.05) is 54.9 Å². The second-order valence-electron chi connectivity index (χ2n) is 7.99. The number of hydrogen-bond acceptors (Lipinski definition) is 6. The Labute approximate surface area is 187 Å². The van der Waals surface area contributed by atoms with E-state index in [2.05, 4.69) is 46.0 Å². The minimum atomic E-state index is 0.102. The van der Waals surface area contributed by atoms with Crippen molar-refractivity contribution in [2.75, 3.05) is 31.1 Å². The fourth-order valence-electron chi connectivity index (χ4n) is 3.60. The number of rotatable bonds is 6. The zero-order valence-corrected chi connectivity index (χ0v) is 18.5. The summed E-state index contributed by atoms with van der Waals surface area (Å²) in [5, 5.41) is 4.69. The number of benzene rings is 1. The predicted octanol–water partition coefficient (Wildman–Crippen LogP) is 4.19. The summed E-state index contributed by atoms with van der Waals surface area (Å²) in [5.74, 6) is 2.51. The SMILES string of the molecule is CC(C)c1ccc(-c2noc(CCC(=O)N3CCN(c4ccc(Cl)cn4)CC3)n2)cc1. The Hall–Kier alpha value is -2.93. The van der Waals surface area contributed by atoms with Gasteiger partial charge in [-0.3, -0.25) is 4.79 Å². The van der Waals surface area contributed by atoms with Gasteiger partial charge in [0.1, 0.15) is 5.82 Å². The average molecular weight is 440 g/mol. The number of carbonyl (C=O) groups is 1. The van der Waals surface area contributed by atoms with Crippen molar-refractivity contribution in [1.82, 2.24) is 20.0 Å². The van der Waals surface area contributed by atoms with Gasteiger partial charge in [-0.05, 0) is 23.6 Å². The molecule has 1 amide bonds. The molecule has 8 heteroatoms. The van der Waals surface area contributed by atoms with Crippen LogP contribution in [-0.4, -0.2) is 52.1 Å². The highest BCUT2D eigenvalue weighted by Crippen LogP contribution is 2.21. The van der Waals surface area contributed by atoms with Crippen LogP contribution in [0.25, 0.3) is 11.4 Å². The summed E-state index contributed by atoms with van der Waals surface area (Å²) in [6, 6.07) is 11.9. The number of piperazine rings is 1. The second-order valence-corrected chi connectivity index (χ2v) is 8.43. The highest BCUT2D eigenvalue weighted by atomic mass is 35.5. The molecule has 0 atom stereocenters. The maximum atomic E-state index is 12.6. The number of nitrogens with zero attached hydrogens (tertiary/aromatic N) is 5. The molecule has 3 aromatic rings. The van der Waals surface area contributed by atoms with E-state index in [4.69, 9.17) is 16.1 Å². The van der Waals surface area contributed by atoms with Gasteiger partial charge in [0.15, 0.2) is 0 Å². The Kier molecular flexibility index (Phi) is 6.51. The molecular weight excluding hydrogens is 414 g/mol. The van der Waals surface area contributed by atoms with Crippen molar-refractivity contribution >= 4 is 23.3 Å². The van der Waals surface area contributed by atoms with Crippen molar-refractivity contribution in [2.45, 2.75) is 32.6 Å². The first-order chi connectivity index (χ1) is 15.0. The monoisotopic (exact) mass is 439 g/mol. The molecule has 0 unspecified atom stereocenters. The van der Waals surface area contributed by atoms with Crippen molar-refractivity contribution in [3.8, 4) is 11.4 Å². The lowest BCUT2D eigenvalue weighted by atomic mass is 10.0. The molecule has 2 aromatic heterocycles. The molecule has 31 heavy (non-hydrogen) atoms. The van der Waals surface area contributed by atoms with Crippen LogP contribution < -0.4 is 4.90 Å². The van der Waals surface area contributed by atoms with Crippen molar-refractivity contribution in [2.24, 2.45) is 0 Å². The largest absolute Gasteiger partial charge is 0.353 e. The Balaban J connectivity index is 1.27. The fraction of sp³-hybridized carbons (Fsp3) is 0.391. The standard InChI is InChI=1S/C23H26ClN5O2/c1-16(2)17-3-5-18(6-4-17)23-26-21(31-27-23)9-10-22(30)29-13-11-28(12-14-29)20-8-7-19(24)15-25-20/h3-8,15-16H,9-14H2,1-2H3. The number of aryl methyl sites for hydroxylation is 1. The lowest BCUT2D eigenvalue weighted by Gasteiger charge is -2.35. The highest BCUT2D eigenvalue weighted by molar-refractivity contribution is 6.30. The summed E-state index contributed by atoms with van der Waals surface area (Å²) >= 11 is 5.90. The average Bonchev–Trinajstić information content (AvgIpc) is 3.27. The molecule has 4 rings (SSSR count). The molecule has 7 nitrogen and oxygen atoms in total. The van der Waals surface area contributed by atoms with Crippen molar-refractivity contribution in [3.63, 3.8) is 0 Å². The van der Waals surface area contributed by atoms with Crippen LogP contribution in [0.5, 0.6) is 0 Å². The van der Waals surface area contributed by atoms with Crippen LogP contribution >= 0.6 is 11.6 Å². The maximum Gasteiger partial charge on any atom is 0.227 e. The third-order valence-electron chi connectivity index (χ3n) is 5.52. The van der Waals surface area contributed by atoms with Gasteiger partial charge in [-0.25, -0.2) is 4.98 Å². The number of halogens is 1. The topological polar surface area (TPSA) is 75.4 Å². The molecule has 0 N–H and O–H groups in total. The lowest BCUT2D eigenvalue weighted by Crippen LogP contribution is -2.49. The zero-order chi connectivity index (χ0) is 21.8. The van der Waals surface area contributed by atoms with E-state index < -0.39 is 0 Å². The van der Waals surface area contributed by atoms with Gasteiger partial charge in [0.25, 0.3) is 0 Å². The number of aromatic nitrogens is 3. The number of pyridine rings is 1. The Bertz CT molecular complexity index is 1010. The number of carbonyl (C=O) groups excluding carboxylic acids is 1. The Morgan fingerprint density at radius 1 is 1.10 bits per heavy atom. The molecule has 162 valence electrons. The summed E-state index contributed by atoms with van der Waals surface area (Å²) in [7, 11) is 0. The zero-order valence-electron chi connectivity index (χ0n) is 17.8. The summed E-state index contributed by atoms with van der Waals surface area (Å²) in [6.07, 6.45) is 2.44. The summed E-state index contributed by atoms with van der Waals surface area (Å²) < 4.78 is 5.36. The van der Waals surface area contributed by atoms with E-state index in [0.717, 1.165) is 24.5 Å². The fourth-order valence-corrected chi connectivity index (χ4v) is 3.71. The molecule has 0 saturated carbocycles. The van der Waals surface area contributed by atoms with Crippen LogP contribution in [0.3, 0.4) is 0 Å². The molecule has 1 saturated heterocycles. The normalized spacial score (nSPS) is 14.3. The van der Waals surface area contributed by atoms with Crippen LogP contribution in [0.15, 0.2) is 47.1 Å². The van der Waals surface area contributed by atoms with Gasteiger partial charge in [0, 0.05) is 50.8 Å². The summed E-state index contributed by atoms with van der Waals surface area (Å²) in [5.41, 5.74) is 2.18. The quantitative estimate of drug-likeness (QED) is 0.573. The molecule has 0 aliphatic carbocycles. The van der Waals surface area contributed by atoms with Gasteiger partial charge in [0.2, 0.25) is 17.6 Å². The molecule has 1 fully saturated rings. The molecule has 1 aliphatic rings. The van der Waals surface area contributed by atoms with E-state index in [1.54, 1.807) is 6.20 Å². The lowest BCUT2D eigenvalue weighted by molar-refractivity contribution is -0.131. The third-order valence-corrected chi connectivity index (χ3v) is 5.75.